The quantitative estimate of drug-likeness (QED) is 0.899. The topological polar surface area (TPSA) is 18.5 Å². The Labute approximate surface area is 115 Å². The van der Waals surface area contributed by atoms with Crippen molar-refractivity contribution in [3.05, 3.63) is 29.6 Å². The predicted molar refractivity (Wildman–Crippen MR) is 78.1 cm³/mol. The molecule has 1 aromatic rings. The van der Waals surface area contributed by atoms with Gasteiger partial charge in [-0.2, -0.15) is 0 Å². The average Bonchev–Trinajstić information content (AvgIpc) is 2.39. The largest absolute Gasteiger partial charge is 0.371 e. The van der Waals surface area contributed by atoms with Crippen LogP contribution in [0.5, 0.6) is 0 Å². The fourth-order valence-corrected chi connectivity index (χ4v) is 2.82. The molecular weight excluding hydrogens is 241 g/mol. The van der Waals surface area contributed by atoms with Crippen LogP contribution in [0, 0.1) is 5.82 Å². The molecule has 3 nitrogen and oxygen atoms in total. The molecule has 4 heteroatoms. The van der Waals surface area contributed by atoms with Crippen molar-refractivity contribution in [2.45, 2.75) is 25.4 Å². The Morgan fingerprint density at radius 1 is 1.32 bits per heavy atom. The fourth-order valence-electron chi connectivity index (χ4n) is 2.82. The molecule has 0 radical (unpaired) electrons. The van der Waals surface area contributed by atoms with Gasteiger partial charge in [0.1, 0.15) is 5.82 Å². The molecule has 19 heavy (non-hydrogen) atoms. The van der Waals surface area contributed by atoms with Crippen molar-refractivity contribution >= 4 is 5.69 Å². The third-order valence-electron chi connectivity index (χ3n) is 3.94. The summed E-state index contributed by atoms with van der Waals surface area (Å²) >= 11 is 0. The zero-order valence-corrected chi connectivity index (χ0v) is 12.1. The summed E-state index contributed by atoms with van der Waals surface area (Å²) in [5.74, 6) is -0.155. The second kappa shape index (κ2) is 6.35. The summed E-state index contributed by atoms with van der Waals surface area (Å²) in [6, 6.07) is 5.79. The molecule has 1 saturated heterocycles. The molecule has 0 aromatic heterocycles. The first-order chi connectivity index (χ1) is 9.11. The highest BCUT2D eigenvalue weighted by molar-refractivity contribution is 5.54. The summed E-state index contributed by atoms with van der Waals surface area (Å²) in [6.45, 7) is 2.80. The lowest BCUT2D eigenvalue weighted by Gasteiger charge is -2.37. The van der Waals surface area contributed by atoms with Gasteiger partial charge in [0.05, 0.1) is 0 Å². The van der Waals surface area contributed by atoms with E-state index in [4.69, 9.17) is 0 Å². The van der Waals surface area contributed by atoms with Gasteiger partial charge in [0.2, 0.25) is 0 Å². The van der Waals surface area contributed by atoms with E-state index in [0.29, 0.717) is 12.6 Å². The molecule has 106 valence electrons. The molecule has 2 rings (SSSR count). The van der Waals surface area contributed by atoms with E-state index in [-0.39, 0.29) is 5.82 Å². The van der Waals surface area contributed by atoms with Gasteiger partial charge in [0.25, 0.3) is 0 Å². The van der Waals surface area contributed by atoms with Crippen LogP contribution in [0.1, 0.15) is 18.4 Å². The van der Waals surface area contributed by atoms with E-state index in [1.807, 2.05) is 13.1 Å². The van der Waals surface area contributed by atoms with E-state index in [0.717, 1.165) is 18.7 Å². The van der Waals surface area contributed by atoms with Crippen molar-refractivity contribution in [3.8, 4) is 0 Å². The summed E-state index contributed by atoms with van der Waals surface area (Å²) in [6.07, 6.45) is 2.34. The fraction of sp³-hybridized carbons (Fsp3) is 0.600. The Balaban J connectivity index is 2.10. The summed E-state index contributed by atoms with van der Waals surface area (Å²) in [5.41, 5.74) is 2.22. The minimum Gasteiger partial charge on any atom is -0.371 e. The first-order valence-electron chi connectivity index (χ1n) is 6.96. The molecule has 1 heterocycles. The highest BCUT2D eigenvalue weighted by atomic mass is 19.1. The van der Waals surface area contributed by atoms with Crippen LogP contribution in [-0.4, -0.2) is 45.2 Å². The molecule has 0 saturated carbocycles. The van der Waals surface area contributed by atoms with Crippen LogP contribution < -0.4 is 10.2 Å². The number of hydrogen-bond donors (Lipinski definition) is 1. The highest BCUT2D eigenvalue weighted by Gasteiger charge is 2.22. The third kappa shape index (κ3) is 3.45. The van der Waals surface area contributed by atoms with Crippen LogP contribution in [0.4, 0.5) is 10.1 Å². The SMILES string of the molecule is CNCc1cc(F)ccc1N1CCC(N(C)C)CC1. The van der Waals surface area contributed by atoms with Gasteiger partial charge in [-0.1, -0.05) is 0 Å². The summed E-state index contributed by atoms with van der Waals surface area (Å²) < 4.78 is 13.4. The van der Waals surface area contributed by atoms with Crippen molar-refractivity contribution in [2.24, 2.45) is 0 Å². The van der Waals surface area contributed by atoms with Gasteiger partial charge < -0.3 is 15.1 Å². The monoisotopic (exact) mass is 265 g/mol. The molecule has 0 atom stereocenters. The number of halogens is 1. The van der Waals surface area contributed by atoms with E-state index in [1.54, 1.807) is 12.1 Å². The zero-order chi connectivity index (χ0) is 13.8. The van der Waals surface area contributed by atoms with Crippen LogP contribution in [0.3, 0.4) is 0 Å². The minimum atomic E-state index is -0.155. The number of hydrogen-bond acceptors (Lipinski definition) is 3. The van der Waals surface area contributed by atoms with Crippen molar-refractivity contribution in [1.82, 2.24) is 10.2 Å². The van der Waals surface area contributed by atoms with Crippen molar-refractivity contribution < 1.29 is 4.39 Å². The summed E-state index contributed by atoms with van der Waals surface area (Å²) in [5, 5.41) is 3.12. The maximum absolute atomic E-state index is 13.4. The molecule has 0 aliphatic carbocycles. The Kier molecular flexibility index (Phi) is 4.77. The van der Waals surface area contributed by atoms with Gasteiger partial charge in [-0.25, -0.2) is 4.39 Å². The number of anilines is 1. The second-order valence-electron chi connectivity index (χ2n) is 5.49. The normalized spacial score (nSPS) is 17.2. The van der Waals surface area contributed by atoms with Crippen LogP contribution in [0.15, 0.2) is 18.2 Å². The zero-order valence-electron chi connectivity index (χ0n) is 12.1. The lowest BCUT2D eigenvalue weighted by atomic mass is 10.0. The molecule has 0 unspecified atom stereocenters. The molecule has 1 aromatic carbocycles. The highest BCUT2D eigenvalue weighted by Crippen LogP contribution is 2.26. The molecule has 0 amide bonds. The Morgan fingerprint density at radius 2 is 2.00 bits per heavy atom. The van der Waals surface area contributed by atoms with Gasteiger partial charge in [-0.3, -0.25) is 0 Å². The molecule has 1 fully saturated rings. The van der Waals surface area contributed by atoms with Gasteiger partial charge in [0, 0.05) is 31.4 Å². The second-order valence-corrected chi connectivity index (χ2v) is 5.49. The summed E-state index contributed by atoms with van der Waals surface area (Å²) in [4.78, 5) is 4.68. The third-order valence-corrected chi connectivity index (χ3v) is 3.94. The lowest BCUT2D eigenvalue weighted by molar-refractivity contribution is 0.249. The molecule has 1 aliphatic heterocycles. The van der Waals surface area contributed by atoms with Gasteiger partial charge in [-0.15, -0.1) is 0 Å². The lowest BCUT2D eigenvalue weighted by Crippen LogP contribution is -2.42. The van der Waals surface area contributed by atoms with Crippen LogP contribution in [0.25, 0.3) is 0 Å². The van der Waals surface area contributed by atoms with E-state index < -0.39 is 0 Å². The Morgan fingerprint density at radius 3 is 2.58 bits per heavy atom. The molecule has 0 bridgehead atoms. The number of nitrogens with zero attached hydrogens (tertiary/aromatic N) is 2. The van der Waals surface area contributed by atoms with Crippen LogP contribution in [-0.2, 0) is 6.54 Å². The van der Waals surface area contributed by atoms with E-state index in [1.165, 1.54) is 18.5 Å². The molecule has 0 spiro atoms. The van der Waals surface area contributed by atoms with Crippen molar-refractivity contribution in [3.63, 3.8) is 0 Å². The maximum atomic E-state index is 13.4. The van der Waals surface area contributed by atoms with Gasteiger partial charge in [0.15, 0.2) is 0 Å². The number of rotatable bonds is 4. The minimum absolute atomic E-state index is 0.155. The van der Waals surface area contributed by atoms with Gasteiger partial charge >= 0.3 is 0 Å². The van der Waals surface area contributed by atoms with Crippen molar-refractivity contribution in [2.75, 3.05) is 39.1 Å². The Hall–Kier alpha value is -1.13. The average molecular weight is 265 g/mol. The number of nitrogens with one attached hydrogen (secondary N) is 1. The Bertz CT molecular complexity index is 412. The predicted octanol–water partition coefficient (Wildman–Crippen LogP) is 2.08. The van der Waals surface area contributed by atoms with E-state index in [2.05, 4.69) is 29.2 Å². The van der Waals surface area contributed by atoms with E-state index >= 15 is 0 Å². The maximum Gasteiger partial charge on any atom is 0.123 e. The first kappa shape index (κ1) is 14.3. The number of piperidine rings is 1. The number of benzene rings is 1. The van der Waals surface area contributed by atoms with Gasteiger partial charge in [-0.05, 0) is 57.7 Å². The molecule has 1 N–H and O–H groups in total. The standard InChI is InChI=1S/C15H24FN3/c1-17-11-12-10-13(16)4-5-15(12)19-8-6-14(7-9-19)18(2)3/h4-5,10,14,17H,6-9,11H2,1-3H3. The first-order valence-corrected chi connectivity index (χ1v) is 6.96. The van der Waals surface area contributed by atoms with Crippen LogP contribution in [0.2, 0.25) is 0 Å². The van der Waals surface area contributed by atoms with Crippen molar-refractivity contribution in [1.29, 1.82) is 0 Å². The van der Waals surface area contributed by atoms with E-state index in [9.17, 15) is 4.39 Å². The smallest absolute Gasteiger partial charge is 0.123 e. The van der Waals surface area contributed by atoms with Crippen LogP contribution >= 0.6 is 0 Å². The molecular formula is C15H24FN3. The molecule has 1 aliphatic rings. The summed E-state index contributed by atoms with van der Waals surface area (Å²) in [7, 11) is 6.18.